The molecule has 0 aliphatic carbocycles. The summed E-state index contributed by atoms with van der Waals surface area (Å²) < 4.78 is 43.3. The maximum atomic E-state index is 11.3. The number of rotatable bonds is 11. The highest BCUT2D eigenvalue weighted by molar-refractivity contribution is 7.66. The molecule has 0 aromatic heterocycles. The van der Waals surface area contributed by atoms with Crippen LogP contribution in [0.15, 0.2) is 0 Å². The summed E-state index contributed by atoms with van der Waals surface area (Å²) in [6.45, 7) is -1.33. The van der Waals surface area contributed by atoms with Gasteiger partial charge in [-0.1, -0.05) is 0 Å². The van der Waals surface area contributed by atoms with Gasteiger partial charge in [-0.25, -0.2) is 13.7 Å². The van der Waals surface area contributed by atoms with Gasteiger partial charge >= 0.3 is 23.5 Å². The van der Waals surface area contributed by atoms with Crippen molar-refractivity contribution < 1.29 is 71.6 Å². The Labute approximate surface area is 133 Å². The molecule has 15 nitrogen and oxygen atoms in total. The zero-order chi connectivity index (χ0) is 19.3. The summed E-state index contributed by atoms with van der Waals surface area (Å²) in [5.41, 5.74) is 0. The topological polar surface area (TPSA) is 258 Å². The number of hydrogen-bond donors (Lipinski definition) is 8. The number of phosphoric ester groups is 1. The van der Waals surface area contributed by atoms with Crippen LogP contribution >= 0.6 is 23.5 Å². The van der Waals surface area contributed by atoms with Crippen molar-refractivity contribution in [2.24, 2.45) is 0 Å². The maximum absolute atomic E-state index is 11.3. The van der Waals surface area contributed by atoms with Crippen LogP contribution in [0, 0.1) is 0 Å². The molecular weight excluding hydrogens is 405 g/mol. The van der Waals surface area contributed by atoms with Gasteiger partial charge in [-0.2, -0.15) is 8.62 Å². The summed E-state index contributed by atoms with van der Waals surface area (Å²) in [7, 11) is -16.8. The van der Waals surface area contributed by atoms with Gasteiger partial charge in [-0.15, -0.1) is 0 Å². The summed E-state index contributed by atoms with van der Waals surface area (Å²) >= 11 is 0. The third-order valence-electron chi connectivity index (χ3n) is 2.06. The van der Waals surface area contributed by atoms with E-state index in [1.54, 1.807) is 0 Å². The fourth-order valence-corrected chi connectivity index (χ4v) is 4.12. The normalized spacial score (nSPS) is 22.7. The van der Waals surface area contributed by atoms with Crippen molar-refractivity contribution in [2.75, 3.05) is 6.61 Å². The average Bonchev–Trinajstić information content (AvgIpc) is 2.38. The quantitative estimate of drug-likeness (QED) is 0.122. The number of aliphatic hydroxyl groups excluding tert-OH is 4. The van der Waals surface area contributed by atoms with Crippen LogP contribution in [-0.2, 0) is 31.6 Å². The molecule has 0 saturated heterocycles. The molecule has 8 N–H and O–H groups in total. The number of carbonyl (C=O) groups excluding carboxylic acids is 1. The lowest BCUT2D eigenvalue weighted by atomic mass is 10.0. The van der Waals surface area contributed by atoms with Crippen LogP contribution in [0.3, 0.4) is 0 Å². The van der Waals surface area contributed by atoms with Gasteiger partial charge in [0, 0.05) is 0 Å². The smallest absolute Gasteiger partial charge is 0.388 e. The van der Waals surface area contributed by atoms with Crippen molar-refractivity contribution in [3.05, 3.63) is 0 Å². The zero-order valence-corrected chi connectivity index (χ0v) is 14.1. The molecule has 18 heteroatoms. The molecule has 144 valence electrons. The van der Waals surface area contributed by atoms with Gasteiger partial charge in [-0.3, -0.25) is 4.52 Å². The van der Waals surface area contributed by atoms with Crippen LogP contribution in [0.5, 0.6) is 0 Å². The number of aldehydes is 1. The second-order valence-electron chi connectivity index (χ2n) is 4.06. The molecule has 24 heavy (non-hydrogen) atoms. The molecule has 6 atom stereocenters. The van der Waals surface area contributed by atoms with E-state index in [1.165, 1.54) is 0 Å². The van der Waals surface area contributed by atoms with Gasteiger partial charge in [0.15, 0.2) is 6.29 Å². The lowest BCUT2D eigenvalue weighted by Crippen LogP contribution is -2.46. The summed E-state index contributed by atoms with van der Waals surface area (Å²) in [5.74, 6) is 0. The summed E-state index contributed by atoms with van der Waals surface area (Å²) in [6.07, 6.45) is -8.89. The van der Waals surface area contributed by atoms with Crippen molar-refractivity contribution in [2.45, 2.75) is 24.4 Å². The standard InChI is InChI=1S/C6H15O15P3/c7-1-3(8)5(10)6(11)4(9)2-19-23(15,16)21-24(17,18)20-22(12,13)14/h1,3-6,8-11H,2H2,(H,15,16)(H,17,18)(H2,12,13,14)/t3-,4+,5+,6-/m0/s1. The Morgan fingerprint density at radius 1 is 0.833 bits per heavy atom. The van der Waals surface area contributed by atoms with E-state index in [2.05, 4.69) is 13.1 Å². The van der Waals surface area contributed by atoms with E-state index in [0.29, 0.717) is 0 Å². The van der Waals surface area contributed by atoms with E-state index in [-0.39, 0.29) is 6.29 Å². The van der Waals surface area contributed by atoms with Crippen LogP contribution < -0.4 is 0 Å². The van der Waals surface area contributed by atoms with Crippen molar-refractivity contribution in [3.8, 4) is 0 Å². The van der Waals surface area contributed by atoms with Crippen molar-refractivity contribution in [1.29, 1.82) is 0 Å². The molecule has 0 aromatic rings. The molecule has 0 bridgehead atoms. The Bertz CT molecular complexity index is 555. The molecule has 0 heterocycles. The van der Waals surface area contributed by atoms with Gasteiger partial charge in [0.05, 0.1) is 6.61 Å². The highest BCUT2D eigenvalue weighted by Gasteiger charge is 2.41. The lowest BCUT2D eigenvalue weighted by Gasteiger charge is -2.24. The molecule has 0 aliphatic rings. The predicted molar refractivity (Wildman–Crippen MR) is 69.9 cm³/mol. The van der Waals surface area contributed by atoms with E-state index < -0.39 is 54.5 Å². The minimum Gasteiger partial charge on any atom is -0.388 e. The van der Waals surface area contributed by atoms with Crippen LogP contribution in [0.4, 0.5) is 0 Å². The summed E-state index contributed by atoms with van der Waals surface area (Å²) in [4.78, 5) is 44.7. The van der Waals surface area contributed by atoms with Gasteiger partial charge in [0.1, 0.15) is 24.4 Å². The minimum absolute atomic E-state index is 0.178. The molecule has 0 spiro atoms. The lowest BCUT2D eigenvalue weighted by molar-refractivity contribution is -0.136. The zero-order valence-electron chi connectivity index (χ0n) is 11.4. The van der Waals surface area contributed by atoms with Gasteiger partial charge in [0.25, 0.3) is 0 Å². The highest BCUT2D eigenvalue weighted by Crippen LogP contribution is 2.66. The van der Waals surface area contributed by atoms with Crippen molar-refractivity contribution in [1.82, 2.24) is 0 Å². The first kappa shape index (κ1) is 23.9. The maximum Gasteiger partial charge on any atom is 0.490 e. The van der Waals surface area contributed by atoms with Crippen LogP contribution in [0.1, 0.15) is 0 Å². The third kappa shape index (κ3) is 9.42. The minimum atomic E-state index is -5.74. The van der Waals surface area contributed by atoms with E-state index in [4.69, 9.17) is 24.7 Å². The Morgan fingerprint density at radius 3 is 1.75 bits per heavy atom. The van der Waals surface area contributed by atoms with Crippen molar-refractivity contribution >= 4 is 29.8 Å². The third-order valence-corrected chi connectivity index (χ3v) is 5.86. The molecule has 0 fully saturated rings. The Hall–Kier alpha value is -0.0800. The van der Waals surface area contributed by atoms with E-state index in [9.17, 15) is 33.8 Å². The van der Waals surface area contributed by atoms with E-state index >= 15 is 0 Å². The molecule has 0 saturated carbocycles. The second-order valence-corrected chi connectivity index (χ2v) is 8.48. The van der Waals surface area contributed by atoms with Gasteiger partial charge in [0.2, 0.25) is 0 Å². The van der Waals surface area contributed by atoms with Gasteiger partial charge < -0.3 is 44.8 Å². The molecule has 0 radical (unpaired) electrons. The van der Waals surface area contributed by atoms with Crippen LogP contribution in [0.25, 0.3) is 0 Å². The first-order valence-electron chi connectivity index (χ1n) is 5.56. The summed E-state index contributed by atoms with van der Waals surface area (Å²) in [5, 5.41) is 36.8. The second kappa shape index (κ2) is 9.03. The summed E-state index contributed by atoms with van der Waals surface area (Å²) in [6, 6.07) is 0. The Kier molecular flexibility index (Phi) is 9.00. The molecule has 0 amide bonds. The molecular formula is C6H15O15P3. The van der Waals surface area contributed by atoms with E-state index in [0.717, 1.165) is 0 Å². The fraction of sp³-hybridized carbons (Fsp3) is 0.833. The Balaban J connectivity index is 4.72. The first-order chi connectivity index (χ1) is 10.6. The number of phosphoric acid groups is 3. The monoisotopic (exact) mass is 420 g/mol. The van der Waals surface area contributed by atoms with Crippen LogP contribution in [0.2, 0.25) is 0 Å². The SMILES string of the molecule is O=C[C@H](O)[C@@H](O)[C@@H](O)[C@H](O)COP(=O)(O)OP(=O)(O)OP(=O)(O)O. The molecule has 2 unspecified atom stereocenters. The average molecular weight is 420 g/mol. The van der Waals surface area contributed by atoms with Gasteiger partial charge in [-0.05, 0) is 0 Å². The van der Waals surface area contributed by atoms with Crippen molar-refractivity contribution in [3.63, 3.8) is 0 Å². The predicted octanol–water partition coefficient (Wildman–Crippen LogP) is -3.03. The number of hydrogen-bond acceptors (Lipinski definition) is 11. The molecule has 0 rings (SSSR count). The molecule has 0 aliphatic heterocycles. The largest absolute Gasteiger partial charge is 0.490 e. The van der Waals surface area contributed by atoms with E-state index in [1.807, 2.05) is 0 Å². The Morgan fingerprint density at radius 2 is 1.33 bits per heavy atom. The first-order valence-corrected chi connectivity index (χ1v) is 10.1. The van der Waals surface area contributed by atoms with Crippen LogP contribution in [-0.4, -0.2) is 77.3 Å². The number of carbonyl (C=O) groups is 1. The highest BCUT2D eigenvalue weighted by atomic mass is 31.3. The number of aliphatic hydroxyl groups is 4. The fourth-order valence-electron chi connectivity index (χ4n) is 1.08. The molecule has 0 aromatic carbocycles.